The summed E-state index contributed by atoms with van der Waals surface area (Å²) < 4.78 is 65.8. The lowest BCUT2D eigenvalue weighted by atomic mass is 10.1. The van der Waals surface area contributed by atoms with Crippen molar-refractivity contribution < 1.29 is 31.5 Å². The predicted molar refractivity (Wildman–Crippen MR) is 115 cm³/mol. The molecule has 0 saturated carbocycles. The van der Waals surface area contributed by atoms with E-state index in [0.717, 1.165) is 12.1 Å². The van der Waals surface area contributed by atoms with Crippen LogP contribution in [0.25, 0.3) is 0 Å². The molecule has 0 unspecified atom stereocenters. The van der Waals surface area contributed by atoms with Crippen molar-refractivity contribution in [2.75, 3.05) is 58.5 Å². The molecule has 2 aromatic carbocycles. The van der Waals surface area contributed by atoms with Gasteiger partial charge in [0.2, 0.25) is 10.0 Å². The van der Waals surface area contributed by atoms with Crippen molar-refractivity contribution in [2.24, 2.45) is 0 Å². The Labute approximate surface area is 185 Å². The van der Waals surface area contributed by atoms with Gasteiger partial charge in [0.05, 0.1) is 24.3 Å². The zero-order chi connectivity index (χ0) is 23.3. The number of carbonyl (C=O) groups excluding carboxylic acids is 1. The summed E-state index contributed by atoms with van der Waals surface area (Å²) in [5.41, 5.74) is -0.0277. The summed E-state index contributed by atoms with van der Waals surface area (Å²) in [6.07, 6.45) is 0. The zero-order valence-electron chi connectivity index (χ0n) is 17.8. The lowest BCUT2D eigenvalue weighted by molar-refractivity contribution is 0.0737. The van der Waals surface area contributed by atoms with Crippen molar-refractivity contribution in [3.8, 4) is 5.75 Å². The first-order valence-electron chi connectivity index (χ1n) is 9.93. The first-order valence-corrected chi connectivity index (χ1v) is 11.4. The summed E-state index contributed by atoms with van der Waals surface area (Å²) in [5.74, 6) is -2.05. The van der Waals surface area contributed by atoms with Crippen molar-refractivity contribution in [1.29, 1.82) is 0 Å². The molecule has 3 rings (SSSR count). The highest BCUT2D eigenvalue weighted by Crippen LogP contribution is 2.32. The average molecular weight is 470 g/mol. The number of hydrogen-bond acceptors (Lipinski definition) is 6. The van der Waals surface area contributed by atoms with Gasteiger partial charge >= 0.3 is 0 Å². The number of nitrogens with one attached hydrogen (secondary N) is 1. The van der Waals surface area contributed by atoms with Gasteiger partial charge in [-0.15, -0.1) is 0 Å². The summed E-state index contributed by atoms with van der Waals surface area (Å²) in [5, 5.41) is 0. The molecule has 174 valence electrons. The van der Waals surface area contributed by atoms with Crippen molar-refractivity contribution >= 4 is 21.6 Å². The summed E-state index contributed by atoms with van der Waals surface area (Å²) in [4.78, 5) is 15.9. The van der Waals surface area contributed by atoms with E-state index < -0.39 is 33.1 Å². The number of rotatable bonds is 8. The van der Waals surface area contributed by atoms with Crippen LogP contribution >= 0.6 is 0 Å². The maximum absolute atomic E-state index is 14.0. The maximum atomic E-state index is 14.0. The lowest BCUT2D eigenvalue weighted by Gasteiger charge is -2.36. The molecule has 1 aliphatic heterocycles. The van der Waals surface area contributed by atoms with E-state index in [2.05, 4.69) is 4.72 Å². The fourth-order valence-electron chi connectivity index (χ4n) is 3.46. The minimum absolute atomic E-state index is 0.0661. The molecule has 1 fully saturated rings. The Kier molecular flexibility index (Phi) is 7.64. The molecule has 11 heteroatoms. The highest BCUT2D eigenvalue weighted by atomic mass is 32.2. The van der Waals surface area contributed by atoms with Crippen molar-refractivity contribution in [2.45, 2.75) is 4.90 Å². The molecule has 2 aromatic rings. The summed E-state index contributed by atoms with van der Waals surface area (Å²) in [7, 11) is -0.795. The average Bonchev–Trinajstić information content (AvgIpc) is 2.78. The Morgan fingerprint density at radius 2 is 1.72 bits per heavy atom. The Morgan fingerprint density at radius 1 is 1.06 bits per heavy atom. The van der Waals surface area contributed by atoms with Crippen LogP contribution in [-0.2, 0) is 14.8 Å². The van der Waals surface area contributed by atoms with Crippen LogP contribution in [0.4, 0.5) is 14.5 Å². The van der Waals surface area contributed by atoms with Crippen LogP contribution in [0.5, 0.6) is 5.75 Å². The third-order valence-corrected chi connectivity index (χ3v) is 6.60. The van der Waals surface area contributed by atoms with Crippen molar-refractivity contribution in [1.82, 2.24) is 9.62 Å². The standard InChI is InChI=1S/C21H25F2N3O5S/c1-30-13-8-24-32(28,29)15-6-7-19(31-2)18(14-15)25-9-11-26(12-10-25)21(27)20-16(22)4-3-5-17(20)23/h3-7,14,24H,8-13H2,1-2H3. The van der Waals surface area contributed by atoms with E-state index in [1.807, 2.05) is 4.90 Å². The molecule has 0 bridgehead atoms. The van der Waals surface area contributed by atoms with Crippen molar-refractivity contribution in [3.63, 3.8) is 0 Å². The van der Waals surface area contributed by atoms with E-state index in [0.29, 0.717) is 24.5 Å². The second-order valence-corrected chi connectivity index (χ2v) is 8.87. The van der Waals surface area contributed by atoms with Gasteiger partial charge in [-0.25, -0.2) is 21.9 Å². The fraction of sp³-hybridized carbons (Fsp3) is 0.381. The topological polar surface area (TPSA) is 88.2 Å². The van der Waals surface area contributed by atoms with Gasteiger partial charge in [-0.2, -0.15) is 0 Å². The third-order valence-electron chi connectivity index (χ3n) is 5.14. The highest BCUT2D eigenvalue weighted by Gasteiger charge is 2.28. The number of halogens is 2. The van der Waals surface area contributed by atoms with Crippen LogP contribution in [-0.4, -0.2) is 72.8 Å². The Bertz CT molecular complexity index is 1050. The number of amides is 1. The van der Waals surface area contributed by atoms with Gasteiger partial charge in [0.15, 0.2) is 0 Å². The highest BCUT2D eigenvalue weighted by molar-refractivity contribution is 7.89. The van der Waals surface area contributed by atoms with E-state index in [9.17, 15) is 22.0 Å². The fourth-order valence-corrected chi connectivity index (χ4v) is 4.49. The Morgan fingerprint density at radius 3 is 2.31 bits per heavy atom. The molecular formula is C21H25F2N3O5S. The molecule has 0 aromatic heterocycles. The minimum atomic E-state index is -3.75. The molecule has 0 spiro atoms. The normalized spacial score (nSPS) is 14.5. The predicted octanol–water partition coefficient (Wildman–Crippen LogP) is 1.86. The van der Waals surface area contributed by atoms with Crippen LogP contribution in [0.1, 0.15) is 10.4 Å². The first kappa shape index (κ1) is 23.9. The number of sulfonamides is 1. The van der Waals surface area contributed by atoms with E-state index in [1.165, 1.54) is 37.3 Å². The van der Waals surface area contributed by atoms with Gasteiger partial charge < -0.3 is 19.3 Å². The summed E-state index contributed by atoms with van der Waals surface area (Å²) >= 11 is 0. The second kappa shape index (κ2) is 10.2. The first-order chi connectivity index (χ1) is 15.3. The van der Waals surface area contributed by atoms with Gasteiger partial charge in [0, 0.05) is 39.8 Å². The smallest absolute Gasteiger partial charge is 0.259 e. The number of anilines is 1. The van der Waals surface area contributed by atoms with Gasteiger partial charge in [0.1, 0.15) is 22.9 Å². The molecule has 1 saturated heterocycles. The van der Waals surface area contributed by atoms with Crippen LogP contribution in [0.15, 0.2) is 41.3 Å². The SMILES string of the molecule is COCCNS(=O)(=O)c1ccc(OC)c(N2CCN(C(=O)c3c(F)cccc3F)CC2)c1. The summed E-state index contributed by atoms with van der Waals surface area (Å²) in [6.45, 7) is 1.45. The van der Waals surface area contributed by atoms with Gasteiger partial charge in [-0.05, 0) is 30.3 Å². The Balaban J connectivity index is 1.76. The van der Waals surface area contributed by atoms with Crippen LogP contribution in [0.3, 0.4) is 0 Å². The molecule has 0 radical (unpaired) electrons. The van der Waals surface area contributed by atoms with E-state index in [1.54, 1.807) is 6.07 Å². The van der Waals surface area contributed by atoms with E-state index in [-0.39, 0.29) is 31.1 Å². The molecule has 1 aliphatic rings. The maximum Gasteiger partial charge on any atom is 0.259 e. The molecular weight excluding hydrogens is 444 g/mol. The zero-order valence-corrected chi connectivity index (χ0v) is 18.6. The monoisotopic (exact) mass is 469 g/mol. The quantitative estimate of drug-likeness (QED) is 0.594. The number of piperazine rings is 1. The van der Waals surface area contributed by atoms with Gasteiger partial charge in [0.25, 0.3) is 5.91 Å². The molecule has 0 atom stereocenters. The number of hydrogen-bond donors (Lipinski definition) is 1. The van der Waals surface area contributed by atoms with Crippen molar-refractivity contribution in [3.05, 3.63) is 53.6 Å². The minimum Gasteiger partial charge on any atom is -0.495 e. The molecule has 1 N–H and O–H groups in total. The molecule has 8 nitrogen and oxygen atoms in total. The number of carbonyl (C=O) groups is 1. The van der Waals surface area contributed by atoms with Crippen LogP contribution in [0.2, 0.25) is 0 Å². The van der Waals surface area contributed by atoms with E-state index in [4.69, 9.17) is 9.47 Å². The van der Waals surface area contributed by atoms with Crippen LogP contribution in [0, 0.1) is 11.6 Å². The lowest BCUT2D eigenvalue weighted by Crippen LogP contribution is -2.49. The number of ether oxygens (including phenoxy) is 2. The number of methoxy groups -OCH3 is 2. The summed E-state index contributed by atoms with van der Waals surface area (Å²) in [6, 6.07) is 7.80. The van der Waals surface area contributed by atoms with Gasteiger partial charge in [-0.3, -0.25) is 4.79 Å². The third kappa shape index (κ3) is 5.17. The number of benzene rings is 2. The van der Waals surface area contributed by atoms with Gasteiger partial charge in [-0.1, -0.05) is 6.07 Å². The molecule has 0 aliphatic carbocycles. The largest absolute Gasteiger partial charge is 0.495 e. The second-order valence-electron chi connectivity index (χ2n) is 7.10. The number of nitrogens with zero attached hydrogens (tertiary/aromatic N) is 2. The molecule has 32 heavy (non-hydrogen) atoms. The van der Waals surface area contributed by atoms with E-state index >= 15 is 0 Å². The molecule has 1 heterocycles. The molecule has 1 amide bonds. The Hall–Kier alpha value is -2.76. The van der Waals surface area contributed by atoms with Crippen LogP contribution < -0.4 is 14.4 Å².